The van der Waals surface area contributed by atoms with Gasteiger partial charge in [0.15, 0.2) is 17.5 Å². The largest absolute Gasteiger partial charge is 0.479 e. The third-order valence-electron chi connectivity index (χ3n) is 4.11. The summed E-state index contributed by atoms with van der Waals surface area (Å²) in [7, 11) is 1.26. The minimum absolute atomic E-state index is 0.173. The Morgan fingerprint density at radius 2 is 1.87 bits per heavy atom. The van der Waals surface area contributed by atoms with Gasteiger partial charge < -0.3 is 14.8 Å². The lowest BCUT2D eigenvalue weighted by Crippen LogP contribution is -2.19. The molecular weight excluding hydrogens is 447 g/mol. The van der Waals surface area contributed by atoms with E-state index in [1.807, 2.05) is 24.3 Å². The molecule has 156 valence electrons. The van der Waals surface area contributed by atoms with Crippen LogP contribution >= 0.6 is 35.0 Å². The second kappa shape index (κ2) is 10.0. The molecular formula is C21H18Cl2N2O4S. The molecule has 0 radical (unpaired) electrons. The van der Waals surface area contributed by atoms with Gasteiger partial charge in [-0.1, -0.05) is 42.3 Å². The molecule has 1 aliphatic heterocycles. The number of amides is 1. The average Bonchev–Trinajstić information content (AvgIpc) is 3.06. The summed E-state index contributed by atoms with van der Waals surface area (Å²) in [6.07, 6.45) is 2.61. The predicted octanol–water partition coefficient (Wildman–Crippen LogP) is 5.00. The summed E-state index contributed by atoms with van der Waals surface area (Å²) < 4.78 is 9.83. The Morgan fingerprint density at radius 3 is 2.47 bits per heavy atom. The molecule has 2 aromatic rings. The molecule has 1 saturated heterocycles. The number of hydrogen-bond donors (Lipinski definition) is 1. The Morgan fingerprint density at radius 1 is 1.20 bits per heavy atom. The normalized spacial score (nSPS) is 16.1. The van der Waals surface area contributed by atoms with E-state index in [4.69, 9.17) is 27.9 Å². The molecule has 1 aliphatic rings. The minimum Gasteiger partial charge on any atom is -0.479 e. The fraction of sp³-hybridized carbons (Fsp3) is 0.190. The molecule has 0 aliphatic carbocycles. The SMILES string of the molecule is CCc1ccc(N=C2NC(=O)/C(=C/c3cc(Cl)c(OCC(=O)OC)c(Cl)c3)S2)cc1. The van der Waals surface area contributed by atoms with Crippen LogP contribution in [-0.4, -0.2) is 30.8 Å². The number of carbonyl (C=O) groups is 2. The van der Waals surface area contributed by atoms with Crippen molar-refractivity contribution >= 4 is 63.8 Å². The molecule has 1 N–H and O–H groups in total. The summed E-state index contributed by atoms with van der Waals surface area (Å²) in [5.74, 6) is -0.641. The highest BCUT2D eigenvalue weighted by Crippen LogP contribution is 2.36. The number of benzene rings is 2. The van der Waals surface area contributed by atoms with Gasteiger partial charge in [0, 0.05) is 0 Å². The van der Waals surface area contributed by atoms with E-state index >= 15 is 0 Å². The number of thioether (sulfide) groups is 1. The number of hydrogen-bond acceptors (Lipinski definition) is 6. The van der Waals surface area contributed by atoms with E-state index in [9.17, 15) is 9.59 Å². The van der Waals surface area contributed by atoms with Crippen molar-refractivity contribution in [1.29, 1.82) is 0 Å². The summed E-state index contributed by atoms with van der Waals surface area (Å²) in [6.45, 7) is 1.77. The van der Waals surface area contributed by atoms with Gasteiger partial charge in [-0.25, -0.2) is 9.79 Å². The number of nitrogens with zero attached hydrogens (tertiary/aromatic N) is 1. The van der Waals surface area contributed by atoms with Crippen molar-refractivity contribution in [2.24, 2.45) is 4.99 Å². The van der Waals surface area contributed by atoms with Gasteiger partial charge in [0.25, 0.3) is 5.91 Å². The Bertz CT molecular complexity index is 1010. The lowest BCUT2D eigenvalue weighted by molar-refractivity contribution is -0.142. The van der Waals surface area contributed by atoms with Crippen LogP contribution < -0.4 is 10.1 Å². The number of esters is 1. The minimum atomic E-state index is -0.552. The number of halogens is 2. The number of amidine groups is 1. The molecule has 6 nitrogen and oxygen atoms in total. The first kappa shape index (κ1) is 22.2. The zero-order valence-electron chi connectivity index (χ0n) is 16.2. The van der Waals surface area contributed by atoms with Gasteiger partial charge in [-0.3, -0.25) is 4.79 Å². The fourth-order valence-electron chi connectivity index (χ4n) is 2.55. The lowest BCUT2D eigenvalue weighted by Gasteiger charge is -2.10. The number of nitrogens with one attached hydrogen (secondary N) is 1. The molecule has 1 heterocycles. The Hall–Kier alpha value is -2.48. The molecule has 3 rings (SSSR count). The van der Waals surface area contributed by atoms with Crippen LogP contribution in [0.4, 0.5) is 5.69 Å². The van der Waals surface area contributed by atoms with E-state index < -0.39 is 5.97 Å². The van der Waals surface area contributed by atoms with E-state index in [1.54, 1.807) is 18.2 Å². The van der Waals surface area contributed by atoms with Gasteiger partial charge in [-0.15, -0.1) is 0 Å². The van der Waals surface area contributed by atoms with Crippen molar-refractivity contribution in [3.05, 3.63) is 62.5 Å². The van der Waals surface area contributed by atoms with Crippen LogP contribution in [-0.2, 0) is 20.7 Å². The van der Waals surface area contributed by atoms with Crippen molar-refractivity contribution < 1.29 is 19.1 Å². The van der Waals surface area contributed by atoms with Crippen LogP contribution in [0.1, 0.15) is 18.1 Å². The monoisotopic (exact) mass is 464 g/mol. The zero-order chi connectivity index (χ0) is 21.7. The van der Waals surface area contributed by atoms with Crippen molar-refractivity contribution in [1.82, 2.24) is 5.32 Å². The van der Waals surface area contributed by atoms with Crippen LogP contribution in [0.3, 0.4) is 0 Å². The molecule has 9 heteroatoms. The van der Waals surface area contributed by atoms with Gasteiger partial charge >= 0.3 is 5.97 Å². The van der Waals surface area contributed by atoms with Crippen LogP contribution in [0.5, 0.6) is 5.75 Å². The Balaban J connectivity index is 1.77. The van der Waals surface area contributed by atoms with Gasteiger partial charge in [0.2, 0.25) is 0 Å². The summed E-state index contributed by atoms with van der Waals surface area (Å²) in [6, 6.07) is 11.0. The van der Waals surface area contributed by atoms with Gasteiger partial charge in [0.05, 0.1) is 27.7 Å². The molecule has 0 saturated carbocycles. The predicted molar refractivity (Wildman–Crippen MR) is 121 cm³/mol. The molecule has 1 fully saturated rings. The number of aliphatic imine (C=N–C) groups is 1. The van der Waals surface area contributed by atoms with Crippen LogP contribution in [0.25, 0.3) is 6.08 Å². The number of methoxy groups -OCH3 is 1. The smallest absolute Gasteiger partial charge is 0.343 e. The molecule has 2 aromatic carbocycles. The second-order valence-corrected chi connectivity index (χ2v) is 8.03. The molecule has 30 heavy (non-hydrogen) atoms. The Kier molecular flexibility index (Phi) is 7.42. The quantitative estimate of drug-likeness (QED) is 0.480. The maximum absolute atomic E-state index is 12.3. The zero-order valence-corrected chi connectivity index (χ0v) is 18.5. The average molecular weight is 465 g/mol. The lowest BCUT2D eigenvalue weighted by atomic mass is 10.2. The first-order chi connectivity index (χ1) is 14.4. The van der Waals surface area contributed by atoms with Crippen LogP contribution in [0, 0.1) is 0 Å². The summed E-state index contributed by atoms with van der Waals surface area (Å²) in [5, 5.41) is 3.67. The Labute approximate surface area is 188 Å². The summed E-state index contributed by atoms with van der Waals surface area (Å²) >= 11 is 13.7. The van der Waals surface area contributed by atoms with Gasteiger partial charge in [-0.05, 0) is 59.7 Å². The summed E-state index contributed by atoms with van der Waals surface area (Å²) in [5.41, 5.74) is 2.59. The summed E-state index contributed by atoms with van der Waals surface area (Å²) in [4.78, 5) is 28.5. The topological polar surface area (TPSA) is 77.0 Å². The van der Waals surface area contributed by atoms with Gasteiger partial charge in [0.1, 0.15) is 0 Å². The standard InChI is InChI=1S/C21H18Cl2N2O4S/c1-3-12-4-6-14(7-5-12)24-21-25-20(27)17(30-21)10-13-8-15(22)19(16(23)9-13)29-11-18(26)28-2/h4-10H,3,11H2,1-2H3,(H,24,25,27)/b17-10-. The first-order valence-electron chi connectivity index (χ1n) is 8.96. The van der Waals surface area contributed by atoms with Gasteiger partial charge in [-0.2, -0.15) is 0 Å². The third-order valence-corrected chi connectivity index (χ3v) is 5.58. The maximum Gasteiger partial charge on any atom is 0.343 e. The highest BCUT2D eigenvalue weighted by Gasteiger charge is 2.24. The number of rotatable bonds is 6. The van der Waals surface area contributed by atoms with Crippen molar-refractivity contribution in [2.75, 3.05) is 13.7 Å². The van der Waals surface area contributed by atoms with E-state index in [1.165, 1.54) is 24.4 Å². The van der Waals surface area contributed by atoms with E-state index in [-0.39, 0.29) is 28.3 Å². The van der Waals surface area contributed by atoms with E-state index in [0.717, 1.165) is 12.1 Å². The first-order valence-corrected chi connectivity index (χ1v) is 10.5. The number of carbonyl (C=O) groups excluding carboxylic acids is 2. The highest BCUT2D eigenvalue weighted by molar-refractivity contribution is 8.18. The van der Waals surface area contributed by atoms with Crippen molar-refractivity contribution in [3.8, 4) is 5.75 Å². The molecule has 0 atom stereocenters. The number of aryl methyl sites for hydroxylation is 1. The highest BCUT2D eigenvalue weighted by atomic mass is 35.5. The number of ether oxygens (including phenoxy) is 2. The molecule has 0 aromatic heterocycles. The van der Waals surface area contributed by atoms with E-state index in [0.29, 0.717) is 15.6 Å². The fourth-order valence-corrected chi connectivity index (χ4v) is 4.00. The third kappa shape index (κ3) is 5.56. The molecule has 0 spiro atoms. The van der Waals surface area contributed by atoms with Crippen LogP contribution in [0.15, 0.2) is 46.3 Å². The molecule has 1 amide bonds. The molecule has 0 unspecified atom stereocenters. The van der Waals surface area contributed by atoms with Crippen molar-refractivity contribution in [2.45, 2.75) is 13.3 Å². The van der Waals surface area contributed by atoms with Crippen LogP contribution in [0.2, 0.25) is 10.0 Å². The van der Waals surface area contributed by atoms with Crippen molar-refractivity contribution in [3.63, 3.8) is 0 Å². The van der Waals surface area contributed by atoms with E-state index in [2.05, 4.69) is 22.0 Å². The molecule has 0 bridgehead atoms. The maximum atomic E-state index is 12.3. The second-order valence-electron chi connectivity index (χ2n) is 6.18.